The minimum atomic E-state index is -0.818. The molecular weight excluding hydrogens is 258 g/mol. The zero-order valence-corrected chi connectivity index (χ0v) is 8.70. The Morgan fingerprint density at radius 3 is 2.93 bits per heavy atom. The van der Waals surface area contributed by atoms with Crippen LogP contribution in [0.2, 0.25) is 0 Å². The molecule has 0 aliphatic rings. The van der Waals surface area contributed by atoms with E-state index in [0.717, 1.165) is 0 Å². The number of ether oxygens (including phenoxy) is 1. The molecule has 0 aromatic carbocycles. The Bertz CT molecular complexity index is 375. The number of nitro groups is 1. The molecule has 0 saturated heterocycles. The van der Waals surface area contributed by atoms with Crippen molar-refractivity contribution >= 4 is 27.6 Å². The van der Waals surface area contributed by atoms with Gasteiger partial charge in [0.05, 0.1) is 11.5 Å². The molecule has 14 heavy (non-hydrogen) atoms. The minimum Gasteiger partial charge on any atom is -0.461 e. The first kappa shape index (κ1) is 10.6. The molecular formula is C6H6BrN3O4. The number of esters is 1. The van der Waals surface area contributed by atoms with Gasteiger partial charge in [-0.1, -0.05) is 0 Å². The van der Waals surface area contributed by atoms with Crippen LogP contribution in [0.5, 0.6) is 0 Å². The van der Waals surface area contributed by atoms with Crippen LogP contribution in [0.3, 0.4) is 0 Å². The molecule has 0 unspecified atom stereocenters. The highest BCUT2D eigenvalue weighted by Crippen LogP contribution is 2.26. The molecule has 0 bridgehead atoms. The van der Waals surface area contributed by atoms with Gasteiger partial charge in [0.2, 0.25) is 5.69 Å². The summed E-state index contributed by atoms with van der Waals surface area (Å²) in [4.78, 5) is 21.0. The molecule has 7 nitrogen and oxygen atoms in total. The van der Waals surface area contributed by atoms with E-state index in [2.05, 4.69) is 30.9 Å². The number of carbonyl (C=O) groups excluding carboxylic acids is 1. The van der Waals surface area contributed by atoms with E-state index in [1.165, 1.54) is 0 Å². The van der Waals surface area contributed by atoms with Gasteiger partial charge in [0, 0.05) is 0 Å². The lowest BCUT2D eigenvalue weighted by atomic mass is 10.4. The number of hydrogen-bond donors (Lipinski definition) is 1. The van der Waals surface area contributed by atoms with Crippen molar-refractivity contribution in [1.82, 2.24) is 10.2 Å². The zero-order valence-electron chi connectivity index (χ0n) is 7.11. The molecule has 0 radical (unpaired) electrons. The standard InChI is InChI=1S/C6H6BrN3O4/c1-2-14-6(11)3-4(10(12)13)5(7)9-8-3/h2H2,1H3,(H,8,9). The van der Waals surface area contributed by atoms with Gasteiger partial charge in [-0.25, -0.2) is 4.79 Å². The summed E-state index contributed by atoms with van der Waals surface area (Å²) < 4.78 is 4.63. The SMILES string of the molecule is CCOC(=O)c1n[nH]c(Br)c1[N+](=O)[O-]. The molecule has 8 heteroatoms. The normalized spacial score (nSPS) is 9.86. The number of carbonyl (C=O) groups is 1. The van der Waals surface area contributed by atoms with Crippen molar-refractivity contribution in [2.45, 2.75) is 6.92 Å². The number of aromatic amines is 1. The van der Waals surface area contributed by atoms with Crippen LogP contribution in [0, 0.1) is 10.1 Å². The number of halogens is 1. The van der Waals surface area contributed by atoms with Gasteiger partial charge in [-0.2, -0.15) is 5.10 Å². The van der Waals surface area contributed by atoms with Gasteiger partial charge >= 0.3 is 11.7 Å². The Kier molecular flexibility index (Phi) is 3.18. The van der Waals surface area contributed by atoms with E-state index in [9.17, 15) is 14.9 Å². The molecule has 1 N–H and O–H groups in total. The third-order valence-electron chi connectivity index (χ3n) is 1.35. The second kappa shape index (κ2) is 4.18. The second-order valence-electron chi connectivity index (χ2n) is 2.21. The van der Waals surface area contributed by atoms with Crippen molar-refractivity contribution in [1.29, 1.82) is 0 Å². The highest BCUT2D eigenvalue weighted by molar-refractivity contribution is 9.10. The van der Waals surface area contributed by atoms with E-state index in [-0.39, 0.29) is 16.9 Å². The number of nitrogens with one attached hydrogen (secondary N) is 1. The molecule has 1 aromatic heterocycles. The van der Waals surface area contributed by atoms with E-state index >= 15 is 0 Å². The van der Waals surface area contributed by atoms with Crippen molar-refractivity contribution in [3.8, 4) is 0 Å². The van der Waals surface area contributed by atoms with E-state index in [1.807, 2.05) is 0 Å². The smallest absolute Gasteiger partial charge is 0.366 e. The highest BCUT2D eigenvalue weighted by atomic mass is 79.9. The van der Waals surface area contributed by atoms with E-state index in [4.69, 9.17) is 0 Å². The van der Waals surface area contributed by atoms with Gasteiger partial charge in [0.15, 0.2) is 4.60 Å². The molecule has 0 aliphatic carbocycles. The predicted molar refractivity (Wildman–Crippen MR) is 48.9 cm³/mol. The fraction of sp³-hybridized carbons (Fsp3) is 0.333. The molecule has 1 rings (SSSR count). The summed E-state index contributed by atoms with van der Waals surface area (Å²) in [5.41, 5.74) is -0.743. The van der Waals surface area contributed by atoms with Crippen molar-refractivity contribution in [3.63, 3.8) is 0 Å². The summed E-state index contributed by atoms with van der Waals surface area (Å²) >= 11 is 2.87. The molecule has 0 atom stereocenters. The highest BCUT2D eigenvalue weighted by Gasteiger charge is 2.28. The Hall–Kier alpha value is -1.44. The van der Waals surface area contributed by atoms with Crippen molar-refractivity contribution in [2.24, 2.45) is 0 Å². The number of rotatable bonds is 3. The average Bonchev–Trinajstić information content (AvgIpc) is 2.47. The van der Waals surface area contributed by atoms with E-state index in [1.54, 1.807) is 6.92 Å². The first-order valence-electron chi connectivity index (χ1n) is 3.63. The number of hydrogen-bond acceptors (Lipinski definition) is 5. The van der Waals surface area contributed by atoms with E-state index in [0.29, 0.717) is 0 Å². The largest absolute Gasteiger partial charge is 0.461 e. The van der Waals surface area contributed by atoms with Gasteiger partial charge in [-0.15, -0.1) is 0 Å². The van der Waals surface area contributed by atoms with E-state index < -0.39 is 16.6 Å². The Morgan fingerprint density at radius 2 is 2.43 bits per heavy atom. The second-order valence-corrected chi connectivity index (χ2v) is 3.01. The molecule has 76 valence electrons. The van der Waals surface area contributed by atoms with Gasteiger partial charge in [-0.3, -0.25) is 15.2 Å². The van der Waals surface area contributed by atoms with Gasteiger partial charge in [-0.05, 0) is 22.9 Å². The van der Waals surface area contributed by atoms with Gasteiger partial charge < -0.3 is 4.74 Å². The minimum absolute atomic E-state index is 0.0468. The number of nitrogens with zero attached hydrogens (tertiary/aromatic N) is 2. The first-order valence-corrected chi connectivity index (χ1v) is 4.42. The van der Waals surface area contributed by atoms with Crippen LogP contribution in [0.25, 0.3) is 0 Å². The number of H-pyrrole nitrogens is 1. The summed E-state index contributed by atoms with van der Waals surface area (Å²) in [7, 11) is 0. The third-order valence-corrected chi connectivity index (χ3v) is 1.90. The van der Waals surface area contributed by atoms with Crippen molar-refractivity contribution < 1.29 is 14.5 Å². The first-order chi connectivity index (χ1) is 6.57. The quantitative estimate of drug-likeness (QED) is 0.503. The van der Waals surface area contributed by atoms with Gasteiger partial charge in [0.25, 0.3) is 0 Å². The lowest BCUT2D eigenvalue weighted by Gasteiger charge is -1.96. The monoisotopic (exact) mass is 263 g/mol. The summed E-state index contributed by atoms with van der Waals surface area (Å²) in [5, 5.41) is 16.3. The van der Waals surface area contributed by atoms with Crippen LogP contribution in [0.1, 0.15) is 17.4 Å². The fourth-order valence-corrected chi connectivity index (χ4v) is 1.24. The van der Waals surface area contributed by atoms with Crippen LogP contribution in [0.4, 0.5) is 5.69 Å². The number of aromatic nitrogens is 2. The molecule has 0 fully saturated rings. The average molecular weight is 264 g/mol. The zero-order chi connectivity index (χ0) is 10.7. The molecule has 0 amide bonds. The lowest BCUT2D eigenvalue weighted by Crippen LogP contribution is -2.07. The van der Waals surface area contributed by atoms with Crippen molar-refractivity contribution in [3.05, 3.63) is 20.4 Å². The van der Waals surface area contributed by atoms with Crippen LogP contribution in [-0.2, 0) is 4.74 Å². The van der Waals surface area contributed by atoms with Crippen LogP contribution >= 0.6 is 15.9 Å². The maximum absolute atomic E-state index is 11.2. The Labute approximate surface area is 86.7 Å². The molecule has 0 spiro atoms. The van der Waals surface area contributed by atoms with Gasteiger partial charge in [0.1, 0.15) is 0 Å². The molecule has 0 aliphatic heterocycles. The predicted octanol–water partition coefficient (Wildman–Crippen LogP) is 1.26. The maximum atomic E-state index is 11.2. The molecule has 1 heterocycles. The Morgan fingerprint density at radius 1 is 1.79 bits per heavy atom. The summed E-state index contributed by atoms with van der Waals surface area (Å²) in [5.74, 6) is -0.818. The Balaban J connectivity index is 3.09. The molecule has 1 aromatic rings. The lowest BCUT2D eigenvalue weighted by molar-refractivity contribution is -0.386. The third kappa shape index (κ3) is 1.90. The van der Waals surface area contributed by atoms with Crippen LogP contribution < -0.4 is 0 Å². The maximum Gasteiger partial charge on any atom is 0.366 e. The summed E-state index contributed by atoms with van der Waals surface area (Å²) in [6.45, 7) is 1.74. The van der Waals surface area contributed by atoms with Crippen LogP contribution in [-0.4, -0.2) is 27.7 Å². The van der Waals surface area contributed by atoms with Crippen molar-refractivity contribution in [2.75, 3.05) is 6.61 Å². The summed E-state index contributed by atoms with van der Waals surface area (Å²) in [6, 6.07) is 0. The summed E-state index contributed by atoms with van der Waals surface area (Å²) in [6.07, 6.45) is 0. The molecule has 0 saturated carbocycles. The topological polar surface area (TPSA) is 98.1 Å². The van der Waals surface area contributed by atoms with Crippen LogP contribution in [0.15, 0.2) is 4.60 Å². The fourth-order valence-electron chi connectivity index (χ4n) is 0.823.